The maximum Gasteiger partial charge on any atom is 0.341 e. The van der Waals surface area contributed by atoms with E-state index in [1.807, 2.05) is 37.3 Å². The van der Waals surface area contributed by atoms with Crippen LogP contribution in [0.25, 0.3) is 22.1 Å². The minimum absolute atomic E-state index is 0.172. The zero-order chi connectivity index (χ0) is 17.0. The molecule has 5 heteroatoms. The van der Waals surface area contributed by atoms with E-state index >= 15 is 0 Å². The van der Waals surface area contributed by atoms with Crippen LogP contribution >= 0.6 is 0 Å². The molecule has 0 aliphatic heterocycles. The molecule has 1 saturated carbocycles. The topological polar surface area (TPSA) is 78.2 Å². The van der Waals surface area contributed by atoms with Crippen LogP contribution in [0.5, 0.6) is 0 Å². The summed E-state index contributed by atoms with van der Waals surface area (Å²) in [5.74, 6) is 0. The van der Waals surface area contributed by atoms with Crippen LogP contribution in [-0.2, 0) is 0 Å². The Labute approximate surface area is 138 Å². The fourth-order valence-electron chi connectivity index (χ4n) is 3.30. The molecule has 24 heavy (non-hydrogen) atoms. The number of nitrogens with zero attached hydrogens (tertiary/aromatic N) is 1. The second-order valence-corrected chi connectivity index (χ2v) is 6.37. The number of nitrogen functional groups attached to an aromatic ring is 1. The summed E-state index contributed by atoms with van der Waals surface area (Å²) in [6.45, 7) is 3.49. The Bertz CT molecular complexity index is 1070. The third-order valence-electron chi connectivity index (χ3n) is 4.76. The molecule has 1 aliphatic rings. The normalized spacial score (nSPS) is 14.2. The van der Waals surface area contributed by atoms with Crippen LogP contribution in [0, 0.1) is 13.8 Å². The van der Waals surface area contributed by atoms with Crippen LogP contribution in [0.2, 0.25) is 0 Å². The zero-order valence-corrected chi connectivity index (χ0v) is 13.6. The van der Waals surface area contributed by atoms with Crippen molar-refractivity contribution in [3.63, 3.8) is 0 Å². The lowest BCUT2D eigenvalue weighted by molar-refractivity contribution is 0.553. The van der Waals surface area contributed by atoms with E-state index in [4.69, 9.17) is 10.2 Å². The highest BCUT2D eigenvalue weighted by atomic mass is 16.4. The zero-order valence-electron chi connectivity index (χ0n) is 13.6. The van der Waals surface area contributed by atoms with E-state index in [-0.39, 0.29) is 28.4 Å². The van der Waals surface area contributed by atoms with Crippen LogP contribution in [0.4, 0.5) is 5.69 Å². The Morgan fingerprint density at radius 2 is 1.79 bits per heavy atom. The number of pyridine rings is 1. The van der Waals surface area contributed by atoms with Gasteiger partial charge in [-0.25, -0.2) is 4.79 Å². The predicted molar refractivity (Wildman–Crippen MR) is 94.3 cm³/mol. The van der Waals surface area contributed by atoms with Crippen LogP contribution in [0.3, 0.4) is 0 Å². The van der Waals surface area contributed by atoms with E-state index in [9.17, 15) is 9.59 Å². The number of anilines is 1. The molecule has 0 bridgehead atoms. The van der Waals surface area contributed by atoms with E-state index in [0.29, 0.717) is 5.39 Å². The second kappa shape index (κ2) is 5.09. The largest absolute Gasteiger partial charge is 0.421 e. The molecule has 1 fully saturated rings. The second-order valence-electron chi connectivity index (χ2n) is 6.37. The van der Waals surface area contributed by atoms with Gasteiger partial charge in [0.2, 0.25) is 0 Å². The van der Waals surface area contributed by atoms with Crippen molar-refractivity contribution in [2.75, 3.05) is 5.73 Å². The van der Waals surface area contributed by atoms with Crippen molar-refractivity contribution in [2.45, 2.75) is 32.7 Å². The first-order valence-electron chi connectivity index (χ1n) is 8.04. The van der Waals surface area contributed by atoms with E-state index in [1.165, 1.54) is 0 Å². The maximum atomic E-state index is 13.0. The van der Waals surface area contributed by atoms with Gasteiger partial charge in [0.15, 0.2) is 5.58 Å². The predicted octanol–water partition coefficient (Wildman–Crippen LogP) is 3.16. The molecule has 4 rings (SSSR count). The molecular formula is C19H18N2O3. The minimum Gasteiger partial charge on any atom is -0.421 e. The molecule has 2 aromatic heterocycles. The summed E-state index contributed by atoms with van der Waals surface area (Å²) in [4.78, 5) is 25.2. The van der Waals surface area contributed by atoms with E-state index in [2.05, 4.69) is 0 Å². The van der Waals surface area contributed by atoms with Crippen LogP contribution in [0.15, 0.2) is 44.3 Å². The van der Waals surface area contributed by atoms with Gasteiger partial charge < -0.3 is 14.7 Å². The molecule has 0 radical (unpaired) electrons. The molecule has 0 unspecified atom stereocenters. The highest BCUT2D eigenvalue weighted by molar-refractivity contribution is 5.99. The van der Waals surface area contributed by atoms with Gasteiger partial charge in [0.05, 0.1) is 11.3 Å². The number of benzene rings is 1. The molecule has 5 nitrogen and oxygen atoms in total. The highest BCUT2D eigenvalue weighted by Crippen LogP contribution is 2.39. The van der Waals surface area contributed by atoms with Gasteiger partial charge in [-0.2, -0.15) is 0 Å². The molecule has 0 spiro atoms. The molecule has 122 valence electrons. The van der Waals surface area contributed by atoms with Crippen molar-refractivity contribution in [3.8, 4) is 11.1 Å². The van der Waals surface area contributed by atoms with Gasteiger partial charge in [0.25, 0.3) is 5.56 Å². The number of hydrogen-bond donors (Lipinski definition) is 1. The Balaban J connectivity index is 2.26. The summed E-state index contributed by atoms with van der Waals surface area (Å²) in [5, 5.41) is 0.309. The summed E-state index contributed by atoms with van der Waals surface area (Å²) in [7, 11) is 0. The van der Waals surface area contributed by atoms with Gasteiger partial charge in [0, 0.05) is 17.3 Å². The van der Waals surface area contributed by atoms with Crippen LogP contribution in [0.1, 0.15) is 30.1 Å². The smallest absolute Gasteiger partial charge is 0.341 e. The fraction of sp³-hybridized carbons (Fsp3) is 0.263. The number of rotatable bonds is 2. The van der Waals surface area contributed by atoms with Gasteiger partial charge in [-0.15, -0.1) is 0 Å². The van der Waals surface area contributed by atoms with Crippen molar-refractivity contribution in [1.82, 2.24) is 4.57 Å². The van der Waals surface area contributed by atoms with Crippen molar-refractivity contribution in [1.29, 1.82) is 0 Å². The summed E-state index contributed by atoms with van der Waals surface area (Å²) in [5.41, 5.74) is 8.73. The van der Waals surface area contributed by atoms with E-state index in [0.717, 1.165) is 29.7 Å². The highest BCUT2D eigenvalue weighted by Gasteiger charge is 2.30. The number of fused-ring (bicyclic) bond motifs is 1. The number of aromatic nitrogens is 1. The summed E-state index contributed by atoms with van der Waals surface area (Å²) in [6.07, 6.45) is 1.96. The first kappa shape index (κ1) is 14.8. The SMILES string of the molecule is Cc1c(N)c2c(=O)n(C3CC3)c(C)c(-c3ccccc3)c2oc1=O. The first-order valence-corrected chi connectivity index (χ1v) is 8.04. The average Bonchev–Trinajstić information content (AvgIpc) is 3.38. The van der Waals surface area contributed by atoms with Crippen LogP contribution < -0.4 is 16.9 Å². The summed E-state index contributed by atoms with van der Waals surface area (Å²) < 4.78 is 7.33. The van der Waals surface area contributed by atoms with E-state index in [1.54, 1.807) is 11.5 Å². The molecule has 2 heterocycles. The Morgan fingerprint density at radius 3 is 2.42 bits per heavy atom. The standard InChI is InChI=1S/C19H18N2O3/c1-10-16(20)15-17(24-19(10)23)14(12-6-4-3-5-7-12)11(2)21(18(15)22)13-8-9-13/h3-7,13H,8-9,20H2,1-2H3. The Kier molecular flexibility index (Phi) is 3.13. The third kappa shape index (κ3) is 2.01. The molecule has 1 aliphatic carbocycles. The monoisotopic (exact) mass is 322 g/mol. The van der Waals surface area contributed by atoms with E-state index < -0.39 is 5.63 Å². The first-order chi connectivity index (χ1) is 11.5. The fourth-order valence-corrected chi connectivity index (χ4v) is 3.30. The third-order valence-corrected chi connectivity index (χ3v) is 4.76. The lowest BCUT2D eigenvalue weighted by atomic mass is 10.00. The van der Waals surface area contributed by atoms with Crippen LogP contribution in [-0.4, -0.2) is 4.57 Å². The minimum atomic E-state index is -0.500. The van der Waals surface area contributed by atoms with Gasteiger partial charge in [-0.05, 0) is 32.3 Å². The lowest BCUT2D eigenvalue weighted by Crippen LogP contribution is -2.25. The molecule has 0 atom stereocenters. The molecular weight excluding hydrogens is 304 g/mol. The van der Waals surface area contributed by atoms with Gasteiger partial charge in [0.1, 0.15) is 5.39 Å². The van der Waals surface area contributed by atoms with Crippen molar-refractivity contribution in [3.05, 3.63) is 62.4 Å². The average molecular weight is 322 g/mol. The van der Waals surface area contributed by atoms with Gasteiger partial charge in [-0.1, -0.05) is 30.3 Å². The molecule has 0 saturated heterocycles. The van der Waals surface area contributed by atoms with Crippen molar-refractivity contribution in [2.24, 2.45) is 0 Å². The quantitative estimate of drug-likeness (QED) is 0.786. The van der Waals surface area contributed by atoms with Crippen molar-refractivity contribution < 1.29 is 4.42 Å². The summed E-state index contributed by atoms with van der Waals surface area (Å²) in [6, 6.07) is 9.85. The number of hydrogen-bond acceptors (Lipinski definition) is 4. The van der Waals surface area contributed by atoms with Gasteiger partial charge in [-0.3, -0.25) is 4.79 Å². The van der Waals surface area contributed by atoms with Crippen molar-refractivity contribution >= 4 is 16.7 Å². The summed E-state index contributed by atoms with van der Waals surface area (Å²) >= 11 is 0. The molecule has 3 aromatic rings. The Morgan fingerprint density at radius 1 is 1.12 bits per heavy atom. The lowest BCUT2D eigenvalue weighted by Gasteiger charge is -2.17. The molecule has 1 aromatic carbocycles. The number of nitrogens with two attached hydrogens (primary N) is 1. The van der Waals surface area contributed by atoms with Gasteiger partial charge >= 0.3 is 5.63 Å². The molecule has 2 N–H and O–H groups in total. The Hall–Kier alpha value is -2.82. The maximum absolute atomic E-state index is 13.0. The molecule has 0 amide bonds.